The molecule has 0 saturated carbocycles. The molecule has 0 radical (unpaired) electrons. The molecule has 0 bridgehead atoms. The predicted molar refractivity (Wildman–Crippen MR) is 98.6 cm³/mol. The zero-order valence-electron chi connectivity index (χ0n) is 13.9. The number of halogens is 1. The van der Waals surface area contributed by atoms with Gasteiger partial charge < -0.3 is 10.1 Å². The van der Waals surface area contributed by atoms with E-state index in [-0.39, 0.29) is 12.4 Å². The number of benzene rings is 1. The zero-order chi connectivity index (χ0) is 15.1. The van der Waals surface area contributed by atoms with Gasteiger partial charge in [-0.2, -0.15) is 0 Å². The Kier molecular flexibility index (Phi) is 9.25. The Bertz CT molecular complexity index is 437. The number of nitrogens with zero attached hydrogens (tertiary/aromatic N) is 1. The Morgan fingerprint density at radius 3 is 2.64 bits per heavy atom. The smallest absolute Gasteiger partial charge is 0.132 e. The Balaban J connectivity index is 0.00000242. The minimum Gasteiger partial charge on any atom is -0.496 e. The molecule has 0 atom stereocenters. The first-order chi connectivity index (χ1) is 10.3. The third kappa shape index (κ3) is 5.65. The molecule has 22 heavy (non-hydrogen) atoms. The molecule has 0 spiro atoms. The van der Waals surface area contributed by atoms with Crippen molar-refractivity contribution in [1.82, 2.24) is 10.2 Å². The van der Waals surface area contributed by atoms with E-state index in [1.165, 1.54) is 42.8 Å². The van der Waals surface area contributed by atoms with Crippen molar-refractivity contribution in [3.63, 3.8) is 0 Å². The first-order valence-electron chi connectivity index (χ1n) is 7.84. The largest absolute Gasteiger partial charge is 0.496 e. The van der Waals surface area contributed by atoms with Crippen molar-refractivity contribution in [3.05, 3.63) is 23.8 Å². The number of rotatable bonds is 7. The van der Waals surface area contributed by atoms with Gasteiger partial charge in [-0.05, 0) is 75.8 Å². The molecule has 1 aliphatic heterocycles. The summed E-state index contributed by atoms with van der Waals surface area (Å²) in [4.78, 5) is 3.79. The molecule has 2 rings (SSSR count). The summed E-state index contributed by atoms with van der Waals surface area (Å²) in [7, 11) is 3.80. The monoisotopic (exact) mass is 344 g/mol. The fourth-order valence-corrected chi connectivity index (χ4v) is 3.57. The van der Waals surface area contributed by atoms with Crippen molar-refractivity contribution in [2.24, 2.45) is 5.92 Å². The summed E-state index contributed by atoms with van der Waals surface area (Å²) < 4.78 is 5.48. The van der Waals surface area contributed by atoms with Gasteiger partial charge in [0.05, 0.1) is 7.11 Å². The van der Waals surface area contributed by atoms with Gasteiger partial charge in [0.15, 0.2) is 0 Å². The van der Waals surface area contributed by atoms with Crippen molar-refractivity contribution >= 4 is 24.2 Å². The lowest BCUT2D eigenvalue weighted by atomic mass is 9.93. The summed E-state index contributed by atoms with van der Waals surface area (Å²) in [5.74, 6) is 1.91. The number of likely N-dealkylation sites (tertiary alicyclic amines) is 1. The summed E-state index contributed by atoms with van der Waals surface area (Å²) in [6, 6.07) is 6.61. The molecule has 126 valence electrons. The fourth-order valence-electron chi connectivity index (χ4n) is 3.02. The van der Waals surface area contributed by atoms with E-state index in [0.717, 1.165) is 24.8 Å². The molecule has 1 aromatic rings. The van der Waals surface area contributed by atoms with E-state index in [2.05, 4.69) is 34.7 Å². The number of thioether (sulfide) groups is 1. The topological polar surface area (TPSA) is 24.5 Å². The second-order valence-corrected chi connectivity index (χ2v) is 6.65. The molecule has 1 fully saturated rings. The highest BCUT2D eigenvalue weighted by Gasteiger charge is 2.19. The molecule has 1 N–H and O–H groups in total. The molecule has 1 aliphatic rings. The molecule has 0 aliphatic carbocycles. The maximum Gasteiger partial charge on any atom is 0.132 e. The van der Waals surface area contributed by atoms with E-state index in [1.54, 1.807) is 18.9 Å². The van der Waals surface area contributed by atoms with Gasteiger partial charge in [-0.15, -0.1) is 24.2 Å². The highest BCUT2D eigenvalue weighted by atomic mass is 35.5. The zero-order valence-corrected chi connectivity index (χ0v) is 15.6. The second-order valence-electron chi connectivity index (χ2n) is 5.80. The van der Waals surface area contributed by atoms with E-state index < -0.39 is 0 Å². The van der Waals surface area contributed by atoms with Crippen molar-refractivity contribution < 1.29 is 4.74 Å². The van der Waals surface area contributed by atoms with Crippen LogP contribution in [0.4, 0.5) is 0 Å². The third-order valence-electron chi connectivity index (χ3n) is 4.36. The molecule has 1 aromatic carbocycles. The number of nitrogens with one attached hydrogen (secondary N) is 1. The molecule has 1 saturated heterocycles. The number of hydrogen-bond acceptors (Lipinski definition) is 4. The van der Waals surface area contributed by atoms with Crippen LogP contribution in [0, 0.1) is 5.92 Å². The molecule has 3 nitrogen and oxygen atoms in total. The molecule has 5 heteroatoms. The van der Waals surface area contributed by atoms with Gasteiger partial charge >= 0.3 is 0 Å². The normalized spacial score (nSPS) is 16.3. The van der Waals surface area contributed by atoms with Gasteiger partial charge in [-0.25, -0.2) is 0 Å². The van der Waals surface area contributed by atoms with Crippen LogP contribution in [-0.2, 0) is 6.54 Å². The minimum atomic E-state index is 0. The number of ether oxygens (including phenoxy) is 1. The van der Waals surface area contributed by atoms with Crippen LogP contribution in [-0.4, -0.2) is 44.9 Å². The number of piperidine rings is 1. The first-order valence-corrected chi connectivity index (χ1v) is 9.07. The van der Waals surface area contributed by atoms with E-state index in [9.17, 15) is 0 Å². The van der Waals surface area contributed by atoms with E-state index in [4.69, 9.17) is 4.74 Å². The Labute approximate surface area is 145 Å². The van der Waals surface area contributed by atoms with Gasteiger partial charge in [0.2, 0.25) is 0 Å². The minimum absolute atomic E-state index is 0. The van der Waals surface area contributed by atoms with Crippen molar-refractivity contribution in [2.75, 3.05) is 40.0 Å². The number of methoxy groups -OCH3 is 1. The van der Waals surface area contributed by atoms with Crippen molar-refractivity contribution in [3.8, 4) is 5.75 Å². The Morgan fingerprint density at radius 1 is 1.32 bits per heavy atom. The van der Waals surface area contributed by atoms with Crippen LogP contribution in [0.2, 0.25) is 0 Å². The molecule has 0 amide bonds. The van der Waals surface area contributed by atoms with Crippen LogP contribution in [0.5, 0.6) is 5.75 Å². The van der Waals surface area contributed by atoms with Crippen LogP contribution in [0.25, 0.3) is 0 Å². The van der Waals surface area contributed by atoms with Crippen LogP contribution in [0.3, 0.4) is 0 Å². The maximum atomic E-state index is 5.48. The van der Waals surface area contributed by atoms with Gasteiger partial charge in [-0.1, -0.05) is 6.07 Å². The van der Waals surface area contributed by atoms with Crippen LogP contribution in [0.1, 0.15) is 24.8 Å². The van der Waals surface area contributed by atoms with Crippen LogP contribution < -0.4 is 10.1 Å². The van der Waals surface area contributed by atoms with Crippen LogP contribution in [0.15, 0.2) is 23.1 Å². The molecule has 1 heterocycles. The molecule has 0 unspecified atom stereocenters. The number of hydrogen-bond donors (Lipinski definition) is 1. The van der Waals surface area contributed by atoms with Crippen LogP contribution >= 0.6 is 24.2 Å². The fraction of sp³-hybridized carbons (Fsp3) is 0.647. The van der Waals surface area contributed by atoms with Gasteiger partial charge in [-0.3, -0.25) is 4.90 Å². The van der Waals surface area contributed by atoms with Crippen molar-refractivity contribution in [2.45, 2.75) is 30.7 Å². The van der Waals surface area contributed by atoms with Gasteiger partial charge in [0, 0.05) is 11.4 Å². The first kappa shape index (κ1) is 19.6. The average Bonchev–Trinajstić information content (AvgIpc) is 2.54. The Hall–Kier alpha value is -0.420. The lowest BCUT2D eigenvalue weighted by molar-refractivity contribution is 0.172. The quantitative estimate of drug-likeness (QED) is 0.763. The summed E-state index contributed by atoms with van der Waals surface area (Å²) in [5, 5.41) is 3.26. The van der Waals surface area contributed by atoms with E-state index in [1.807, 2.05) is 7.05 Å². The van der Waals surface area contributed by atoms with E-state index in [0.29, 0.717) is 0 Å². The highest BCUT2D eigenvalue weighted by Crippen LogP contribution is 2.29. The predicted octanol–water partition coefficient (Wildman–Crippen LogP) is 3.66. The lowest BCUT2D eigenvalue weighted by Crippen LogP contribution is -2.34. The molecule has 0 aromatic heterocycles. The standard InChI is InChI=1S/C17H28N2OS.ClH/c1-18-9-6-14-7-10-19(11-8-14)13-15-4-5-17(21-3)16(12-15)20-2;/h4-5,12,14,18H,6-11,13H2,1-3H3;1H. The van der Waals surface area contributed by atoms with E-state index >= 15 is 0 Å². The van der Waals surface area contributed by atoms with Gasteiger partial charge in [0.1, 0.15) is 5.75 Å². The van der Waals surface area contributed by atoms with Crippen molar-refractivity contribution in [1.29, 1.82) is 0 Å². The lowest BCUT2D eigenvalue weighted by Gasteiger charge is -2.32. The Morgan fingerprint density at radius 2 is 2.05 bits per heavy atom. The summed E-state index contributed by atoms with van der Waals surface area (Å²) >= 11 is 1.74. The molecular weight excluding hydrogens is 316 g/mol. The summed E-state index contributed by atoms with van der Waals surface area (Å²) in [6.07, 6.45) is 6.08. The summed E-state index contributed by atoms with van der Waals surface area (Å²) in [5.41, 5.74) is 1.36. The molecular formula is C17H29ClN2OS. The summed E-state index contributed by atoms with van der Waals surface area (Å²) in [6.45, 7) is 4.64. The maximum absolute atomic E-state index is 5.48. The second kappa shape index (κ2) is 10.4. The SMILES string of the molecule is CNCCC1CCN(Cc2ccc(SC)c(OC)c2)CC1.Cl. The third-order valence-corrected chi connectivity index (χ3v) is 5.14. The highest BCUT2D eigenvalue weighted by molar-refractivity contribution is 7.98. The average molecular weight is 345 g/mol. The van der Waals surface area contributed by atoms with Gasteiger partial charge in [0.25, 0.3) is 0 Å².